The van der Waals surface area contributed by atoms with E-state index in [2.05, 4.69) is 27.5 Å². The highest BCUT2D eigenvalue weighted by molar-refractivity contribution is 5.69. The van der Waals surface area contributed by atoms with Gasteiger partial charge in [0.1, 0.15) is 11.4 Å². The minimum absolute atomic E-state index is 0.00896. The van der Waals surface area contributed by atoms with Gasteiger partial charge in [-0.2, -0.15) is 0 Å². The third-order valence-electron chi connectivity index (χ3n) is 5.49. The smallest absolute Gasteiger partial charge is 0.303 e. The van der Waals surface area contributed by atoms with Crippen molar-refractivity contribution >= 4 is 23.4 Å². The lowest BCUT2D eigenvalue weighted by Gasteiger charge is -2.04. The Kier molecular flexibility index (Phi) is 6.02. The normalized spacial score (nSPS) is 13.0. The molecule has 0 saturated carbocycles. The topological polar surface area (TPSA) is 120 Å². The summed E-state index contributed by atoms with van der Waals surface area (Å²) >= 11 is 0. The van der Waals surface area contributed by atoms with Gasteiger partial charge >= 0.3 is 5.97 Å². The fourth-order valence-electron chi connectivity index (χ4n) is 3.88. The molecule has 0 fully saturated rings. The number of H-pyrrole nitrogens is 1. The number of aromatic amines is 1. The van der Waals surface area contributed by atoms with Crippen LogP contribution in [-0.2, 0) is 24.2 Å². The highest BCUT2D eigenvalue weighted by Crippen LogP contribution is 2.35. The summed E-state index contributed by atoms with van der Waals surface area (Å²) in [6.45, 7) is 1.94. The highest BCUT2D eigenvalue weighted by atomic mass is 16.4. The number of benzene rings is 2. The quantitative estimate of drug-likeness (QED) is 0.471. The molecule has 1 aromatic heterocycles. The Morgan fingerprint density at radius 3 is 2.53 bits per heavy atom. The largest absolute Gasteiger partial charge is 0.505 e. The number of carboxylic acids is 1. The van der Waals surface area contributed by atoms with Crippen molar-refractivity contribution in [2.24, 2.45) is 10.2 Å². The van der Waals surface area contributed by atoms with Gasteiger partial charge in [0.15, 0.2) is 5.69 Å². The molecule has 3 aromatic rings. The lowest BCUT2D eigenvalue weighted by Crippen LogP contribution is -2.17. The maximum atomic E-state index is 12.5. The number of phenolic OH excluding ortho intramolecular Hbond substituents is 1. The molecule has 1 aliphatic rings. The Morgan fingerprint density at radius 2 is 1.84 bits per heavy atom. The Balaban J connectivity index is 1.54. The molecular formula is C24H24N4O4. The summed E-state index contributed by atoms with van der Waals surface area (Å²) in [7, 11) is 0. The molecule has 0 unspecified atom stereocenters. The minimum Gasteiger partial charge on any atom is -0.505 e. The lowest BCUT2D eigenvalue weighted by atomic mass is 10.1. The molecule has 164 valence electrons. The molecule has 0 atom stereocenters. The van der Waals surface area contributed by atoms with Crippen LogP contribution in [0.4, 0.5) is 11.4 Å². The van der Waals surface area contributed by atoms with Crippen LogP contribution in [0.15, 0.2) is 63.1 Å². The second-order valence-corrected chi connectivity index (χ2v) is 7.88. The van der Waals surface area contributed by atoms with E-state index in [-0.39, 0.29) is 35.6 Å². The molecule has 0 radical (unpaired) electrons. The second kappa shape index (κ2) is 9.05. The second-order valence-electron chi connectivity index (χ2n) is 7.88. The number of carboxylic acid groups (broad SMARTS) is 1. The number of aliphatic carboxylic acids is 1. The number of aryl methyl sites for hydroxylation is 2. The molecule has 8 nitrogen and oxygen atoms in total. The molecule has 0 spiro atoms. The maximum absolute atomic E-state index is 12.5. The van der Waals surface area contributed by atoms with Crippen molar-refractivity contribution in [3.05, 3.63) is 80.8 Å². The number of aromatic nitrogens is 2. The van der Waals surface area contributed by atoms with Crippen molar-refractivity contribution in [3.63, 3.8) is 0 Å². The van der Waals surface area contributed by atoms with Gasteiger partial charge in [-0.3, -0.25) is 19.4 Å². The van der Waals surface area contributed by atoms with E-state index in [1.165, 1.54) is 21.4 Å². The summed E-state index contributed by atoms with van der Waals surface area (Å²) in [5.41, 5.74) is 5.02. The molecule has 1 aliphatic carbocycles. The lowest BCUT2D eigenvalue weighted by molar-refractivity contribution is -0.137. The highest BCUT2D eigenvalue weighted by Gasteiger charge is 2.16. The van der Waals surface area contributed by atoms with Crippen LogP contribution in [-0.4, -0.2) is 26.0 Å². The van der Waals surface area contributed by atoms with E-state index in [1.807, 2.05) is 24.3 Å². The third kappa shape index (κ3) is 4.54. The zero-order valence-electron chi connectivity index (χ0n) is 17.7. The summed E-state index contributed by atoms with van der Waals surface area (Å²) in [6.07, 6.45) is 3.98. The molecular weight excluding hydrogens is 408 g/mol. The molecule has 0 amide bonds. The number of fused-ring (bicyclic) bond motifs is 1. The van der Waals surface area contributed by atoms with E-state index in [1.54, 1.807) is 19.1 Å². The first kappa shape index (κ1) is 21.3. The standard InChI is InChI=1S/C24H24N4O4/c1-15-22(24(32)28(27-15)11-5-10-21(29)30)26-25-20-9-4-8-19(23(20)31)14-16-12-17-6-2-3-7-18(17)13-16/h2-4,6-9,14,27,31H,5,10-13H2,1H3,(H,29,30). The monoisotopic (exact) mass is 432 g/mol. The number of azo groups is 1. The zero-order valence-corrected chi connectivity index (χ0v) is 17.7. The molecule has 2 aromatic carbocycles. The van der Waals surface area contributed by atoms with Crippen LogP contribution < -0.4 is 5.56 Å². The SMILES string of the molecule is Cc1[nH]n(CCCC(=O)O)c(=O)c1N=Nc1cccc(C=C2Cc3ccccc3C2)c1O. The van der Waals surface area contributed by atoms with Gasteiger partial charge in [-0.15, -0.1) is 10.2 Å². The molecule has 0 saturated heterocycles. The fraction of sp³-hybridized carbons (Fsp3) is 0.250. The number of hydrogen-bond acceptors (Lipinski definition) is 5. The van der Waals surface area contributed by atoms with E-state index < -0.39 is 5.97 Å². The molecule has 1 heterocycles. The van der Waals surface area contributed by atoms with Gasteiger partial charge < -0.3 is 10.2 Å². The van der Waals surface area contributed by atoms with Crippen LogP contribution in [0.2, 0.25) is 0 Å². The first-order valence-corrected chi connectivity index (χ1v) is 10.4. The van der Waals surface area contributed by atoms with Gasteiger partial charge in [-0.25, -0.2) is 0 Å². The van der Waals surface area contributed by atoms with Crippen LogP contribution in [0, 0.1) is 6.92 Å². The number of nitrogens with zero attached hydrogens (tertiary/aromatic N) is 3. The van der Waals surface area contributed by atoms with Crippen LogP contribution in [0.25, 0.3) is 6.08 Å². The molecule has 3 N–H and O–H groups in total. The number of carbonyl (C=O) groups is 1. The van der Waals surface area contributed by atoms with E-state index in [4.69, 9.17) is 5.11 Å². The fourth-order valence-corrected chi connectivity index (χ4v) is 3.88. The number of rotatable bonds is 7. The summed E-state index contributed by atoms with van der Waals surface area (Å²) < 4.78 is 1.32. The van der Waals surface area contributed by atoms with Crippen LogP contribution in [0.3, 0.4) is 0 Å². The Hall–Kier alpha value is -3.94. The van der Waals surface area contributed by atoms with Crippen LogP contribution in [0.5, 0.6) is 5.75 Å². The van der Waals surface area contributed by atoms with Crippen molar-refractivity contribution < 1.29 is 15.0 Å². The number of para-hydroxylation sites is 1. The van der Waals surface area contributed by atoms with Crippen LogP contribution >= 0.6 is 0 Å². The van der Waals surface area contributed by atoms with Crippen molar-refractivity contribution in [1.82, 2.24) is 9.78 Å². The van der Waals surface area contributed by atoms with Gasteiger partial charge in [0, 0.05) is 18.5 Å². The first-order valence-electron chi connectivity index (χ1n) is 10.4. The number of nitrogens with one attached hydrogen (secondary N) is 1. The van der Waals surface area contributed by atoms with E-state index in [9.17, 15) is 14.7 Å². The average Bonchev–Trinajstić information content (AvgIpc) is 3.28. The summed E-state index contributed by atoms with van der Waals surface area (Å²) in [6, 6.07) is 13.5. The van der Waals surface area contributed by atoms with E-state index >= 15 is 0 Å². The van der Waals surface area contributed by atoms with Crippen molar-refractivity contribution in [3.8, 4) is 5.75 Å². The first-order chi connectivity index (χ1) is 15.4. The third-order valence-corrected chi connectivity index (χ3v) is 5.49. The average molecular weight is 432 g/mol. The van der Waals surface area contributed by atoms with E-state index in [0.717, 1.165) is 12.8 Å². The molecule has 8 heteroatoms. The number of aromatic hydroxyl groups is 1. The number of allylic oxidation sites excluding steroid dienone is 1. The zero-order chi connectivity index (χ0) is 22.7. The Labute approximate surface area is 184 Å². The van der Waals surface area contributed by atoms with Crippen molar-refractivity contribution in [1.29, 1.82) is 0 Å². The summed E-state index contributed by atoms with van der Waals surface area (Å²) in [4.78, 5) is 23.2. The van der Waals surface area contributed by atoms with Gasteiger partial charge in [-0.05, 0) is 43.4 Å². The van der Waals surface area contributed by atoms with Crippen LogP contribution in [0.1, 0.15) is 35.2 Å². The van der Waals surface area contributed by atoms with Gasteiger partial charge in [-0.1, -0.05) is 48.0 Å². The number of hydrogen-bond donors (Lipinski definition) is 3. The molecule has 0 bridgehead atoms. The van der Waals surface area contributed by atoms with Gasteiger partial charge in [0.25, 0.3) is 5.56 Å². The summed E-state index contributed by atoms with van der Waals surface area (Å²) in [5, 5.41) is 30.5. The number of phenols is 1. The van der Waals surface area contributed by atoms with Gasteiger partial charge in [0.05, 0.1) is 5.69 Å². The Morgan fingerprint density at radius 1 is 1.12 bits per heavy atom. The summed E-state index contributed by atoms with van der Waals surface area (Å²) in [5.74, 6) is -0.900. The van der Waals surface area contributed by atoms with Gasteiger partial charge in [0.2, 0.25) is 0 Å². The maximum Gasteiger partial charge on any atom is 0.303 e. The molecule has 0 aliphatic heterocycles. The predicted molar refractivity (Wildman–Crippen MR) is 121 cm³/mol. The predicted octanol–water partition coefficient (Wildman–Crippen LogP) is 4.65. The molecule has 32 heavy (non-hydrogen) atoms. The van der Waals surface area contributed by atoms with Crippen molar-refractivity contribution in [2.45, 2.75) is 39.2 Å². The molecule has 4 rings (SSSR count). The minimum atomic E-state index is -0.909. The Bertz CT molecular complexity index is 1260. The van der Waals surface area contributed by atoms with E-state index in [0.29, 0.717) is 17.7 Å². The van der Waals surface area contributed by atoms with Crippen molar-refractivity contribution in [2.75, 3.05) is 0 Å².